The lowest BCUT2D eigenvalue weighted by Gasteiger charge is -2.20. The SMILES string of the molecule is COc1cc(OC)cc(-c2cnc(-c3ccc4c(n3)CCCC4C=O)s2)c1. The van der Waals surface area contributed by atoms with Gasteiger partial charge in [-0.2, -0.15) is 0 Å². The van der Waals surface area contributed by atoms with Gasteiger partial charge in [-0.25, -0.2) is 9.97 Å². The normalized spacial score (nSPS) is 15.9. The third kappa shape index (κ3) is 3.45. The van der Waals surface area contributed by atoms with Crippen LogP contribution in [0.25, 0.3) is 21.1 Å². The summed E-state index contributed by atoms with van der Waals surface area (Å²) in [6, 6.07) is 9.78. The molecule has 1 atom stereocenters. The Morgan fingerprint density at radius 1 is 1.15 bits per heavy atom. The van der Waals surface area contributed by atoms with Crippen LogP contribution in [-0.4, -0.2) is 30.5 Å². The molecule has 1 unspecified atom stereocenters. The van der Waals surface area contributed by atoms with Crippen molar-refractivity contribution >= 4 is 17.6 Å². The molecule has 5 nitrogen and oxygen atoms in total. The van der Waals surface area contributed by atoms with Crippen molar-refractivity contribution in [2.45, 2.75) is 25.2 Å². The molecule has 0 fully saturated rings. The van der Waals surface area contributed by atoms with Gasteiger partial charge in [-0.1, -0.05) is 6.07 Å². The molecule has 4 rings (SSSR count). The second-order valence-corrected chi connectivity index (χ2v) is 7.53. The van der Waals surface area contributed by atoms with Crippen molar-refractivity contribution in [3.05, 3.63) is 47.8 Å². The van der Waals surface area contributed by atoms with Gasteiger partial charge < -0.3 is 14.3 Å². The molecule has 0 saturated carbocycles. The maximum Gasteiger partial charge on any atom is 0.142 e. The van der Waals surface area contributed by atoms with E-state index in [2.05, 4.69) is 4.98 Å². The Balaban J connectivity index is 1.68. The zero-order valence-corrected chi connectivity index (χ0v) is 16.1. The third-order valence-corrected chi connectivity index (χ3v) is 5.93. The molecular weight excluding hydrogens is 360 g/mol. The van der Waals surface area contributed by atoms with E-state index in [4.69, 9.17) is 14.5 Å². The maximum atomic E-state index is 11.3. The Hall–Kier alpha value is -2.73. The number of carbonyl (C=O) groups excluding carboxylic acids is 1. The number of hydrogen-bond acceptors (Lipinski definition) is 6. The van der Waals surface area contributed by atoms with Crippen LogP contribution < -0.4 is 9.47 Å². The molecule has 27 heavy (non-hydrogen) atoms. The Labute approximate surface area is 162 Å². The molecule has 0 radical (unpaired) electrons. The molecule has 0 saturated heterocycles. The van der Waals surface area contributed by atoms with Crippen LogP contribution in [0.2, 0.25) is 0 Å². The van der Waals surface area contributed by atoms with Gasteiger partial charge in [-0.15, -0.1) is 11.3 Å². The van der Waals surface area contributed by atoms with Crippen LogP contribution in [0.5, 0.6) is 11.5 Å². The lowest BCUT2D eigenvalue weighted by Crippen LogP contribution is -2.12. The molecule has 0 spiro atoms. The molecule has 0 bridgehead atoms. The van der Waals surface area contributed by atoms with Gasteiger partial charge >= 0.3 is 0 Å². The molecule has 2 aromatic heterocycles. The first-order valence-corrected chi connectivity index (χ1v) is 9.68. The minimum Gasteiger partial charge on any atom is -0.497 e. The maximum absolute atomic E-state index is 11.3. The first-order chi connectivity index (χ1) is 13.2. The number of ether oxygens (including phenoxy) is 2. The highest BCUT2D eigenvalue weighted by Gasteiger charge is 2.21. The summed E-state index contributed by atoms with van der Waals surface area (Å²) in [7, 11) is 3.28. The number of carbonyl (C=O) groups is 1. The Morgan fingerprint density at radius 2 is 1.93 bits per heavy atom. The number of benzene rings is 1. The van der Waals surface area contributed by atoms with Gasteiger partial charge in [-0.3, -0.25) is 0 Å². The number of pyridine rings is 1. The van der Waals surface area contributed by atoms with Crippen molar-refractivity contribution in [2.75, 3.05) is 14.2 Å². The number of nitrogens with zero attached hydrogens (tertiary/aromatic N) is 2. The smallest absolute Gasteiger partial charge is 0.142 e. The average Bonchev–Trinajstić information content (AvgIpc) is 3.22. The highest BCUT2D eigenvalue weighted by atomic mass is 32.1. The summed E-state index contributed by atoms with van der Waals surface area (Å²) in [4.78, 5) is 21.7. The molecule has 0 amide bonds. The van der Waals surface area contributed by atoms with Gasteiger partial charge in [0.25, 0.3) is 0 Å². The quantitative estimate of drug-likeness (QED) is 0.610. The number of methoxy groups -OCH3 is 2. The molecule has 0 N–H and O–H groups in total. The number of rotatable bonds is 5. The fourth-order valence-electron chi connectivity index (χ4n) is 3.43. The van der Waals surface area contributed by atoms with E-state index in [1.165, 1.54) is 0 Å². The fourth-order valence-corrected chi connectivity index (χ4v) is 4.30. The number of hydrogen-bond donors (Lipinski definition) is 0. The van der Waals surface area contributed by atoms with E-state index in [-0.39, 0.29) is 5.92 Å². The topological polar surface area (TPSA) is 61.3 Å². The van der Waals surface area contributed by atoms with E-state index in [1.807, 2.05) is 36.5 Å². The van der Waals surface area contributed by atoms with Crippen LogP contribution in [0.4, 0.5) is 0 Å². The Kier molecular flexibility index (Phi) is 4.90. The zero-order valence-electron chi connectivity index (χ0n) is 15.3. The van der Waals surface area contributed by atoms with Crippen LogP contribution in [0.1, 0.15) is 30.0 Å². The van der Waals surface area contributed by atoms with Crippen LogP contribution in [0.3, 0.4) is 0 Å². The first kappa shape index (κ1) is 17.7. The predicted octanol–water partition coefficient (Wildman–Crippen LogP) is 4.51. The second-order valence-electron chi connectivity index (χ2n) is 6.50. The molecule has 138 valence electrons. The summed E-state index contributed by atoms with van der Waals surface area (Å²) in [5, 5.41) is 0.864. The molecule has 3 aromatic rings. The summed E-state index contributed by atoms with van der Waals surface area (Å²) >= 11 is 1.58. The molecule has 6 heteroatoms. The van der Waals surface area contributed by atoms with Crippen LogP contribution >= 0.6 is 11.3 Å². The zero-order chi connectivity index (χ0) is 18.8. The number of fused-ring (bicyclic) bond motifs is 1. The van der Waals surface area contributed by atoms with E-state index in [1.54, 1.807) is 25.6 Å². The van der Waals surface area contributed by atoms with Crippen molar-refractivity contribution in [2.24, 2.45) is 0 Å². The van der Waals surface area contributed by atoms with Crippen LogP contribution in [-0.2, 0) is 11.2 Å². The molecule has 1 aromatic carbocycles. The van der Waals surface area contributed by atoms with E-state index in [9.17, 15) is 4.79 Å². The fraction of sp³-hybridized carbons (Fsp3) is 0.286. The van der Waals surface area contributed by atoms with Crippen molar-refractivity contribution in [1.29, 1.82) is 0 Å². The molecular formula is C21H20N2O3S. The number of thiazole rings is 1. The third-order valence-electron chi connectivity index (χ3n) is 4.86. The summed E-state index contributed by atoms with van der Waals surface area (Å²) < 4.78 is 10.7. The summed E-state index contributed by atoms with van der Waals surface area (Å²) in [5.41, 5.74) is 3.94. The molecule has 0 aliphatic heterocycles. The van der Waals surface area contributed by atoms with E-state index < -0.39 is 0 Å². The predicted molar refractivity (Wildman–Crippen MR) is 106 cm³/mol. The Bertz CT molecular complexity index is 961. The van der Waals surface area contributed by atoms with E-state index in [0.29, 0.717) is 0 Å². The second kappa shape index (κ2) is 7.48. The van der Waals surface area contributed by atoms with Gasteiger partial charge in [0.05, 0.1) is 24.8 Å². The minimum absolute atomic E-state index is 0.0218. The number of aromatic nitrogens is 2. The highest BCUT2D eigenvalue weighted by molar-refractivity contribution is 7.18. The molecule has 1 aliphatic carbocycles. The number of aldehydes is 1. The number of aryl methyl sites for hydroxylation is 1. The van der Waals surface area contributed by atoms with Crippen LogP contribution in [0.15, 0.2) is 36.5 Å². The van der Waals surface area contributed by atoms with Gasteiger partial charge in [-0.05, 0) is 43.0 Å². The van der Waals surface area contributed by atoms with Crippen molar-refractivity contribution < 1.29 is 14.3 Å². The van der Waals surface area contributed by atoms with Gasteiger partial charge in [0, 0.05) is 29.4 Å². The summed E-state index contributed by atoms with van der Waals surface area (Å²) in [6.07, 6.45) is 5.72. The van der Waals surface area contributed by atoms with Crippen molar-refractivity contribution in [3.63, 3.8) is 0 Å². The first-order valence-electron chi connectivity index (χ1n) is 8.86. The largest absolute Gasteiger partial charge is 0.497 e. The highest BCUT2D eigenvalue weighted by Crippen LogP contribution is 2.37. The molecule has 1 aliphatic rings. The van der Waals surface area contributed by atoms with Gasteiger partial charge in [0.2, 0.25) is 0 Å². The van der Waals surface area contributed by atoms with E-state index in [0.717, 1.165) is 69.4 Å². The lowest BCUT2D eigenvalue weighted by molar-refractivity contribution is -0.109. The Morgan fingerprint density at radius 3 is 2.63 bits per heavy atom. The summed E-state index contributed by atoms with van der Waals surface area (Å²) in [6.45, 7) is 0. The minimum atomic E-state index is -0.0218. The molecule has 2 heterocycles. The van der Waals surface area contributed by atoms with Crippen molar-refractivity contribution in [3.8, 4) is 32.6 Å². The van der Waals surface area contributed by atoms with Gasteiger partial charge in [0.15, 0.2) is 0 Å². The summed E-state index contributed by atoms with van der Waals surface area (Å²) in [5.74, 6) is 1.46. The van der Waals surface area contributed by atoms with Gasteiger partial charge in [0.1, 0.15) is 22.8 Å². The lowest BCUT2D eigenvalue weighted by atomic mass is 9.86. The average molecular weight is 380 g/mol. The standard InChI is InChI=1S/C21H20N2O3S/c1-25-15-8-14(9-16(10-15)26-2)20-11-22-21(27-20)19-7-6-17-13(12-24)4-3-5-18(17)23-19/h6-13H,3-5H2,1-2H3. The van der Waals surface area contributed by atoms with Crippen molar-refractivity contribution in [1.82, 2.24) is 9.97 Å². The monoisotopic (exact) mass is 380 g/mol. The van der Waals surface area contributed by atoms with Crippen LogP contribution in [0, 0.1) is 0 Å². The van der Waals surface area contributed by atoms with E-state index >= 15 is 0 Å².